The Morgan fingerprint density at radius 3 is 2.52 bits per heavy atom. The molecule has 2 amide bonds. The number of ether oxygens (including phenoxy) is 3. The number of thiazole rings is 1. The SMILES string of the molecule is CCOC(=O)c1c(NC(=O)CS(=O)(=O)CC(=O)N=c2sc3cc(OCC)ccc3n2CC(=O)OC)sc2c1CCCC2. The summed E-state index contributed by atoms with van der Waals surface area (Å²) in [6, 6.07) is 5.14. The van der Waals surface area contributed by atoms with E-state index in [1.54, 1.807) is 25.1 Å². The molecule has 4 rings (SSSR count). The Kier molecular flexibility index (Phi) is 10.2. The minimum atomic E-state index is -4.23. The van der Waals surface area contributed by atoms with Crippen LogP contribution in [0.4, 0.5) is 5.00 Å². The van der Waals surface area contributed by atoms with Crippen LogP contribution in [-0.4, -0.2) is 68.6 Å². The van der Waals surface area contributed by atoms with Gasteiger partial charge < -0.3 is 24.1 Å². The number of nitrogens with one attached hydrogen (secondary N) is 1. The van der Waals surface area contributed by atoms with Gasteiger partial charge in [-0.15, -0.1) is 11.3 Å². The molecule has 0 bridgehead atoms. The first kappa shape index (κ1) is 31.4. The smallest absolute Gasteiger partial charge is 0.341 e. The second-order valence-electron chi connectivity index (χ2n) is 9.33. The van der Waals surface area contributed by atoms with Gasteiger partial charge in [0.2, 0.25) is 5.91 Å². The third-order valence-corrected chi connectivity index (χ3v) is 9.94. The van der Waals surface area contributed by atoms with E-state index >= 15 is 0 Å². The average molecular weight is 638 g/mol. The van der Waals surface area contributed by atoms with E-state index < -0.39 is 45.1 Å². The first-order valence-electron chi connectivity index (χ1n) is 13.3. The normalized spacial score (nSPS) is 13.5. The van der Waals surface area contributed by atoms with Crippen LogP contribution in [0.5, 0.6) is 5.75 Å². The highest BCUT2D eigenvalue weighted by molar-refractivity contribution is 7.92. The second-order valence-corrected chi connectivity index (χ2v) is 13.5. The molecule has 15 heteroatoms. The summed E-state index contributed by atoms with van der Waals surface area (Å²) in [5.74, 6) is -4.45. The maximum absolute atomic E-state index is 12.8. The number of amides is 2. The Morgan fingerprint density at radius 1 is 1.05 bits per heavy atom. The number of rotatable bonds is 11. The Hall–Kier alpha value is -3.56. The molecule has 2 aromatic heterocycles. The number of fused-ring (bicyclic) bond motifs is 2. The number of carbonyl (C=O) groups is 4. The van der Waals surface area contributed by atoms with Crippen LogP contribution >= 0.6 is 22.7 Å². The van der Waals surface area contributed by atoms with Crippen LogP contribution in [0.1, 0.15) is 47.5 Å². The lowest BCUT2D eigenvalue weighted by Gasteiger charge is -2.12. The van der Waals surface area contributed by atoms with E-state index in [0.29, 0.717) is 29.0 Å². The molecular weight excluding hydrogens is 607 g/mol. The highest BCUT2D eigenvalue weighted by Gasteiger charge is 2.29. The summed E-state index contributed by atoms with van der Waals surface area (Å²) in [5, 5.41) is 2.80. The zero-order chi connectivity index (χ0) is 30.4. The number of hydrogen-bond acceptors (Lipinski definition) is 11. The highest BCUT2D eigenvalue weighted by atomic mass is 32.2. The molecule has 1 aromatic carbocycles. The Morgan fingerprint density at radius 2 is 1.81 bits per heavy atom. The summed E-state index contributed by atoms with van der Waals surface area (Å²) < 4.78 is 43.2. The topological polar surface area (TPSA) is 159 Å². The van der Waals surface area contributed by atoms with Crippen molar-refractivity contribution < 1.29 is 41.8 Å². The number of esters is 2. The van der Waals surface area contributed by atoms with Crippen LogP contribution < -0.4 is 14.9 Å². The van der Waals surface area contributed by atoms with Crippen molar-refractivity contribution in [3.63, 3.8) is 0 Å². The molecule has 0 unspecified atom stereocenters. The van der Waals surface area contributed by atoms with Crippen LogP contribution in [0.15, 0.2) is 23.2 Å². The zero-order valence-electron chi connectivity index (χ0n) is 23.4. The van der Waals surface area contributed by atoms with Crippen molar-refractivity contribution in [1.29, 1.82) is 0 Å². The van der Waals surface area contributed by atoms with Crippen molar-refractivity contribution in [3.8, 4) is 5.75 Å². The van der Waals surface area contributed by atoms with Gasteiger partial charge in [0.1, 0.15) is 28.8 Å². The summed E-state index contributed by atoms with van der Waals surface area (Å²) in [6.07, 6.45) is 3.29. The van der Waals surface area contributed by atoms with Gasteiger partial charge in [-0.1, -0.05) is 11.3 Å². The molecule has 1 N–H and O–H groups in total. The van der Waals surface area contributed by atoms with Crippen molar-refractivity contribution in [1.82, 2.24) is 4.57 Å². The number of hydrogen-bond donors (Lipinski definition) is 1. The predicted octanol–water partition coefficient (Wildman–Crippen LogP) is 2.87. The summed E-state index contributed by atoms with van der Waals surface area (Å²) in [6.45, 7) is 3.86. The van der Waals surface area contributed by atoms with Gasteiger partial charge in [-0.05, 0) is 63.3 Å². The summed E-state index contributed by atoms with van der Waals surface area (Å²) in [7, 11) is -3.01. The van der Waals surface area contributed by atoms with E-state index in [0.717, 1.165) is 41.0 Å². The zero-order valence-corrected chi connectivity index (χ0v) is 25.8. The molecule has 42 heavy (non-hydrogen) atoms. The molecule has 0 fully saturated rings. The summed E-state index contributed by atoms with van der Waals surface area (Å²) >= 11 is 2.32. The van der Waals surface area contributed by atoms with Crippen LogP contribution in [-0.2, 0) is 53.1 Å². The highest BCUT2D eigenvalue weighted by Crippen LogP contribution is 2.38. The third-order valence-electron chi connectivity index (χ3n) is 6.30. The Balaban J connectivity index is 1.53. The van der Waals surface area contributed by atoms with Crippen molar-refractivity contribution in [3.05, 3.63) is 39.0 Å². The van der Waals surface area contributed by atoms with Gasteiger partial charge in [0.15, 0.2) is 14.6 Å². The monoisotopic (exact) mass is 637 g/mol. The lowest BCUT2D eigenvalue weighted by Crippen LogP contribution is -2.29. The van der Waals surface area contributed by atoms with Gasteiger partial charge in [0, 0.05) is 4.88 Å². The molecule has 1 aliphatic carbocycles. The summed E-state index contributed by atoms with van der Waals surface area (Å²) in [5.41, 5.74) is 1.67. The first-order valence-corrected chi connectivity index (χ1v) is 16.7. The fraction of sp³-hybridized carbons (Fsp3) is 0.444. The lowest BCUT2D eigenvalue weighted by molar-refractivity contribution is -0.141. The van der Waals surface area contributed by atoms with E-state index in [2.05, 4.69) is 10.3 Å². The maximum atomic E-state index is 12.8. The number of thiophene rings is 1. The third kappa shape index (κ3) is 7.44. The predicted molar refractivity (Wildman–Crippen MR) is 158 cm³/mol. The molecule has 0 saturated carbocycles. The molecule has 12 nitrogen and oxygen atoms in total. The number of anilines is 1. The quantitative estimate of drug-likeness (QED) is 0.312. The van der Waals surface area contributed by atoms with E-state index in [1.807, 2.05) is 6.92 Å². The molecule has 1 aliphatic rings. The maximum Gasteiger partial charge on any atom is 0.341 e. The standard InChI is InChI=1S/C27H31N3O9S3/c1-4-38-16-10-11-18-20(12-16)41-27(30(18)13-23(33)37-3)29-22(32)15-42(35,36)14-21(31)28-25-24(26(34)39-5-2)17-8-6-7-9-19(17)40-25/h10-12H,4-9,13-15H2,1-3H3,(H,28,31). The number of benzene rings is 1. The molecule has 0 radical (unpaired) electrons. The lowest BCUT2D eigenvalue weighted by atomic mass is 9.95. The first-order chi connectivity index (χ1) is 20.0. The van der Waals surface area contributed by atoms with Crippen LogP contribution in [0, 0.1) is 0 Å². The summed E-state index contributed by atoms with van der Waals surface area (Å²) in [4.78, 5) is 55.3. The van der Waals surface area contributed by atoms with E-state index in [9.17, 15) is 27.6 Å². The van der Waals surface area contributed by atoms with Crippen molar-refractivity contribution >= 4 is 71.5 Å². The largest absolute Gasteiger partial charge is 0.494 e. The van der Waals surface area contributed by atoms with Gasteiger partial charge in [0.25, 0.3) is 5.91 Å². The molecule has 2 heterocycles. The van der Waals surface area contributed by atoms with Gasteiger partial charge in [0.05, 0.1) is 36.1 Å². The van der Waals surface area contributed by atoms with E-state index in [-0.39, 0.29) is 28.5 Å². The molecule has 0 atom stereocenters. The number of nitrogens with zero attached hydrogens (tertiary/aromatic N) is 2. The molecule has 226 valence electrons. The van der Waals surface area contributed by atoms with Crippen LogP contribution in [0.2, 0.25) is 0 Å². The molecule has 0 saturated heterocycles. The fourth-order valence-electron chi connectivity index (χ4n) is 4.56. The van der Waals surface area contributed by atoms with E-state index in [1.165, 1.54) is 23.0 Å². The minimum absolute atomic E-state index is 0.0944. The second kappa shape index (κ2) is 13.6. The average Bonchev–Trinajstić information content (AvgIpc) is 3.44. The van der Waals surface area contributed by atoms with Crippen LogP contribution in [0.25, 0.3) is 10.2 Å². The molecular formula is C27H31N3O9S3. The van der Waals surface area contributed by atoms with Gasteiger partial charge in [-0.3, -0.25) is 14.4 Å². The molecule has 0 spiro atoms. The molecule has 0 aliphatic heterocycles. The number of carbonyl (C=O) groups excluding carboxylic acids is 4. The number of methoxy groups -OCH3 is 1. The Labute approximate surface area is 250 Å². The number of aromatic nitrogens is 1. The van der Waals surface area contributed by atoms with Crippen LogP contribution in [0.3, 0.4) is 0 Å². The van der Waals surface area contributed by atoms with Crippen molar-refractivity contribution in [2.75, 3.05) is 37.1 Å². The Bertz CT molecular complexity index is 1700. The minimum Gasteiger partial charge on any atom is -0.494 e. The van der Waals surface area contributed by atoms with Gasteiger partial charge in [-0.25, -0.2) is 13.2 Å². The number of sulfone groups is 1. The number of aryl methyl sites for hydroxylation is 1. The van der Waals surface area contributed by atoms with Crippen molar-refractivity contribution in [2.45, 2.75) is 46.1 Å². The molecule has 3 aromatic rings. The van der Waals surface area contributed by atoms with Gasteiger partial charge in [-0.2, -0.15) is 4.99 Å². The van der Waals surface area contributed by atoms with E-state index in [4.69, 9.17) is 14.2 Å². The van der Waals surface area contributed by atoms with Gasteiger partial charge >= 0.3 is 11.9 Å². The van der Waals surface area contributed by atoms with Crippen molar-refractivity contribution in [2.24, 2.45) is 4.99 Å². The fourth-order valence-corrected chi connectivity index (χ4v) is 7.94.